The number of hydrogen-bond donors (Lipinski definition) is 1. The number of aryl methyl sites for hydroxylation is 2. The van der Waals surface area contributed by atoms with Crippen LogP contribution >= 0.6 is 0 Å². The molecule has 1 aromatic rings. The van der Waals surface area contributed by atoms with E-state index in [1.807, 2.05) is 0 Å². The lowest BCUT2D eigenvalue weighted by atomic mass is 9.89. The minimum atomic E-state index is 0.439. The lowest BCUT2D eigenvalue weighted by Gasteiger charge is -2.20. The summed E-state index contributed by atoms with van der Waals surface area (Å²) >= 11 is 0. The molecule has 1 unspecified atom stereocenters. The molecule has 0 amide bonds. The minimum Gasteiger partial charge on any atom is -0.385 e. The molecule has 0 bridgehead atoms. The minimum absolute atomic E-state index is 0.439. The highest BCUT2D eigenvalue weighted by atomic mass is 16.5. The van der Waals surface area contributed by atoms with Crippen molar-refractivity contribution in [3.8, 4) is 0 Å². The summed E-state index contributed by atoms with van der Waals surface area (Å²) in [5.74, 6) is 0. The fourth-order valence-corrected chi connectivity index (χ4v) is 2.68. The van der Waals surface area contributed by atoms with E-state index < -0.39 is 0 Å². The van der Waals surface area contributed by atoms with Crippen LogP contribution in [0.15, 0.2) is 18.2 Å². The van der Waals surface area contributed by atoms with Gasteiger partial charge in [0, 0.05) is 19.8 Å². The monoisotopic (exact) mass is 247 g/mol. The Balaban J connectivity index is 1.91. The van der Waals surface area contributed by atoms with Gasteiger partial charge in [0.05, 0.1) is 0 Å². The summed E-state index contributed by atoms with van der Waals surface area (Å²) in [6.07, 6.45) is 6.32. The number of benzene rings is 1. The normalized spacial score (nSPS) is 16.3. The smallest absolute Gasteiger partial charge is 0.0474 e. The van der Waals surface area contributed by atoms with E-state index in [1.54, 1.807) is 18.2 Å². The second-order valence-corrected chi connectivity index (χ2v) is 5.26. The number of rotatable bonds is 6. The van der Waals surface area contributed by atoms with Gasteiger partial charge in [-0.25, -0.2) is 0 Å². The van der Waals surface area contributed by atoms with Gasteiger partial charge in [0.15, 0.2) is 0 Å². The molecule has 100 valence electrons. The van der Waals surface area contributed by atoms with Crippen LogP contribution < -0.4 is 5.32 Å². The first-order valence-electron chi connectivity index (χ1n) is 7.15. The molecule has 2 heteroatoms. The maximum atomic E-state index is 5.06. The number of nitrogens with one attached hydrogen (secondary N) is 1. The Morgan fingerprint density at radius 1 is 1.22 bits per heavy atom. The van der Waals surface area contributed by atoms with Gasteiger partial charge in [0.2, 0.25) is 0 Å². The van der Waals surface area contributed by atoms with Gasteiger partial charge in [-0.3, -0.25) is 0 Å². The SMILES string of the molecule is COCCCNC(C)c1ccc2c(c1)CCCC2. The maximum absolute atomic E-state index is 5.06. The highest BCUT2D eigenvalue weighted by Gasteiger charge is 2.11. The first-order chi connectivity index (χ1) is 8.81. The van der Waals surface area contributed by atoms with Crippen LogP contribution in [0.3, 0.4) is 0 Å². The van der Waals surface area contributed by atoms with E-state index in [-0.39, 0.29) is 0 Å². The highest BCUT2D eigenvalue weighted by Crippen LogP contribution is 2.24. The Labute approximate surface area is 111 Å². The van der Waals surface area contributed by atoms with Crippen molar-refractivity contribution < 1.29 is 4.74 Å². The van der Waals surface area contributed by atoms with Gasteiger partial charge in [-0.05, 0) is 62.3 Å². The first-order valence-corrected chi connectivity index (χ1v) is 7.15. The van der Waals surface area contributed by atoms with Gasteiger partial charge in [-0.1, -0.05) is 18.2 Å². The van der Waals surface area contributed by atoms with E-state index in [9.17, 15) is 0 Å². The fourth-order valence-electron chi connectivity index (χ4n) is 2.68. The molecule has 0 heterocycles. The zero-order valence-electron chi connectivity index (χ0n) is 11.7. The van der Waals surface area contributed by atoms with Crippen molar-refractivity contribution in [1.82, 2.24) is 5.32 Å². The second kappa shape index (κ2) is 6.91. The van der Waals surface area contributed by atoms with Crippen molar-refractivity contribution in [2.45, 2.75) is 45.1 Å². The Bertz CT molecular complexity index is 375. The van der Waals surface area contributed by atoms with Crippen LogP contribution in [0.5, 0.6) is 0 Å². The zero-order valence-corrected chi connectivity index (χ0v) is 11.7. The fraction of sp³-hybridized carbons (Fsp3) is 0.625. The summed E-state index contributed by atoms with van der Waals surface area (Å²) in [7, 11) is 1.76. The Morgan fingerprint density at radius 2 is 2.00 bits per heavy atom. The molecule has 1 aliphatic rings. The third-order valence-electron chi connectivity index (χ3n) is 3.85. The summed E-state index contributed by atoms with van der Waals surface area (Å²) in [6, 6.07) is 7.46. The van der Waals surface area contributed by atoms with Crippen LogP contribution in [0.4, 0.5) is 0 Å². The van der Waals surface area contributed by atoms with Crippen molar-refractivity contribution in [3.63, 3.8) is 0 Å². The quantitative estimate of drug-likeness (QED) is 0.779. The number of hydrogen-bond acceptors (Lipinski definition) is 2. The number of fused-ring (bicyclic) bond motifs is 1. The molecule has 0 radical (unpaired) electrons. The van der Waals surface area contributed by atoms with Crippen LogP contribution in [0, 0.1) is 0 Å². The predicted molar refractivity (Wildman–Crippen MR) is 76.0 cm³/mol. The molecule has 18 heavy (non-hydrogen) atoms. The van der Waals surface area contributed by atoms with Crippen LogP contribution in [0.25, 0.3) is 0 Å². The molecule has 1 atom stereocenters. The lowest BCUT2D eigenvalue weighted by molar-refractivity contribution is 0.193. The van der Waals surface area contributed by atoms with Crippen molar-refractivity contribution >= 4 is 0 Å². The molecule has 0 spiro atoms. The molecule has 1 N–H and O–H groups in total. The lowest BCUT2D eigenvalue weighted by Crippen LogP contribution is -2.21. The molecule has 0 fully saturated rings. The largest absolute Gasteiger partial charge is 0.385 e. The van der Waals surface area contributed by atoms with Crippen LogP contribution in [0.2, 0.25) is 0 Å². The molecule has 1 aromatic carbocycles. The van der Waals surface area contributed by atoms with Crippen LogP contribution in [0.1, 0.15) is 48.9 Å². The molecular formula is C16H25NO. The molecule has 0 saturated heterocycles. The van der Waals surface area contributed by atoms with Gasteiger partial charge in [-0.2, -0.15) is 0 Å². The number of ether oxygens (including phenoxy) is 1. The Kier molecular flexibility index (Phi) is 5.21. The molecule has 2 nitrogen and oxygen atoms in total. The standard InChI is InChI=1S/C16H25NO/c1-13(17-10-5-11-18-2)15-9-8-14-6-3-4-7-16(14)12-15/h8-9,12-13,17H,3-7,10-11H2,1-2H3. The Morgan fingerprint density at radius 3 is 2.78 bits per heavy atom. The van der Waals surface area contributed by atoms with Crippen LogP contribution in [-0.4, -0.2) is 20.3 Å². The predicted octanol–water partition coefficient (Wildman–Crippen LogP) is 3.25. The van der Waals surface area contributed by atoms with Crippen molar-refractivity contribution in [2.24, 2.45) is 0 Å². The van der Waals surface area contributed by atoms with Gasteiger partial charge >= 0.3 is 0 Å². The average molecular weight is 247 g/mol. The van der Waals surface area contributed by atoms with E-state index in [1.165, 1.54) is 31.2 Å². The van der Waals surface area contributed by atoms with Crippen molar-refractivity contribution in [2.75, 3.05) is 20.3 Å². The summed E-state index contributed by atoms with van der Waals surface area (Å²) in [4.78, 5) is 0. The average Bonchev–Trinajstić information content (AvgIpc) is 2.43. The van der Waals surface area contributed by atoms with Crippen molar-refractivity contribution in [1.29, 1.82) is 0 Å². The molecule has 2 rings (SSSR count). The van der Waals surface area contributed by atoms with E-state index in [4.69, 9.17) is 4.74 Å². The van der Waals surface area contributed by atoms with E-state index in [2.05, 4.69) is 30.4 Å². The summed E-state index contributed by atoms with van der Waals surface area (Å²) in [5, 5.41) is 3.56. The molecule has 0 aromatic heterocycles. The maximum Gasteiger partial charge on any atom is 0.0474 e. The highest BCUT2D eigenvalue weighted by molar-refractivity contribution is 5.35. The third kappa shape index (κ3) is 3.56. The molecular weight excluding hydrogens is 222 g/mol. The summed E-state index contributed by atoms with van der Waals surface area (Å²) < 4.78 is 5.06. The zero-order chi connectivity index (χ0) is 12.8. The van der Waals surface area contributed by atoms with E-state index in [0.29, 0.717) is 6.04 Å². The molecule has 1 aliphatic carbocycles. The second-order valence-electron chi connectivity index (χ2n) is 5.26. The van der Waals surface area contributed by atoms with Crippen LogP contribution in [-0.2, 0) is 17.6 Å². The Hall–Kier alpha value is -0.860. The van der Waals surface area contributed by atoms with Gasteiger partial charge in [0.25, 0.3) is 0 Å². The molecule has 0 saturated carbocycles. The topological polar surface area (TPSA) is 21.3 Å². The number of methoxy groups -OCH3 is 1. The van der Waals surface area contributed by atoms with Gasteiger partial charge in [-0.15, -0.1) is 0 Å². The van der Waals surface area contributed by atoms with Crippen molar-refractivity contribution in [3.05, 3.63) is 34.9 Å². The summed E-state index contributed by atoms with van der Waals surface area (Å²) in [5.41, 5.74) is 4.56. The molecule has 0 aliphatic heterocycles. The van der Waals surface area contributed by atoms with Gasteiger partial charge in [0.1, 0.15) is 0 Å². The van der Waals surface area contributed by atoms with E-state index in [0.717, 1.165) is 19.6 Å². The third-order valence-corrected chi connectivity index (χ3v) is 3.85. The van der Waals surface area contributed by atoms with E-state index >= 15 is 0 Å². The first kappa shape index (κ1) is 13.6. The van der Waals surface area contributed by atoms with Gasteiger partial charge < -0.3 is 10.1 Å². The summed E-state index contributed by atoms with van der Waals surface area (Å²) in [6.45, 7) is 4.10.